The van der Waals surface area contributed by atoms with Crippen molar-refractivity contribution in [3.63, 3.8) is 0 Å². The Bertz CT molecular complexity index is 605. The number of hydrogen-bond acceptors (Lipinski definition) is 5. The molecule has 4 atom stereocenters. The molecule has 0 spiro atoms. The van der Waals surface area contributed by atoms with Gasteiger partial charge in [-0.25, -0.2) is 4.79 Å². The number of esters is 1. The van der Waals surface area contributed by atoms with Gasteiger partial charge in [-0.1, -0.05) is 28.9 Å². The molecule has 2 heterocycles. The van der Waals surface area contributed by atoms with Crippen molar-refractivity contribution in [3.05, 3.63) is 34.9 Å². The van der Waals surface area contributed by atoms with Gasteiger partial charge in [-0.05, 0) is 49.9 Å². The van der Waals surface area contributed by atoms with Gasteiger partial charge in [0.15, 0.2) is 0 Å². The molecule has 24 heavy (non-hydrogen) atoms. The van der Waals surface area contributed by atoms with Crippen LogP contribution in [-0.4, -0.2) is 49.9 Å². The molecule has 1 unspecified atom stereocenters. The summed E-state index contributed by atoms with van der Waals surface area (Å²) in [5, 5.41) is 4.80. The highest BCUT2D eigenvalue weighted by Crippen LogP contribution is 2.45. The van der Waals surface area contributed by atoms with Crippen LogP contribution in [0.5, 0.6) is 0 Å². The second kappa shape index (κ2) is 7.53. The van der Waals surface area contributed by atoms with Crippen molar-refractivity contribution in [1.29, 1.82) is 0 Å². The Balaban J connectivity index is 1.76. The summed E-state index contributed by atoms with van der Waals surface area (Å²) in [5.74, 6) is 0.220. The third kappa shape index (κ3) is 3.57. The fraction of sp³-hybridized carbons (Fsp3) is 0.556. The minimum absolute atomic E-state index is 0.158. The molecule has 0 saturated carbocycles. The number of carbonyl (C=O) groups is 1. The quantitative estimate of drug-likeness (QED) is 0.465. The Kier molecular flexibility index (Phi) is 5.41. The molecule has 0 aliphatic carbocycles. The van der Waals surface area contributed by atoms with Gasteiger partial charge in [0.05, 0.1) is 7.11 Å². The van der Waals surface area contributed by atoms with Crippen molar-refractivity contribution >= 4 is 23.8 Å². The molecule has 1 aromatic rings. The lowest BCUT2D eigenvalue weighted by atomic mass is 9.77. The maximum Gasteiger partial charge on any atom is 0.346 e. The Hall–Kier alpha value is -1.59. The van der Waals surface area contributed by atoms with Crippen molar-refractivity contribution in [2.24, 2.45) is 11.1 Å². The molecule has 2 aliphatic heterocycles. The summed E-state index contributed by atoms with van der Waals surface area (Å²) in [5.41, 5.74) is 1.29. The lowest BCUT2D eigenvalue weighted by molar-refractivity contribution is -0.145. The van der Waals surface area contributed by atoms with Gasteiger partial charge in [0.1, 0.15) is 0 Å². The summed E-state index contributed by atoms with van der Waals surface area (Å²) in [6.45, 7) is -0.158. The third-order valence-electron chi connectivity index (χ3n) is 5.35. The molecule has 0 amide bonds. The van der Waals surface area contributed by atoms with Gasteiger partial charge in [-0.2, -0.15) is 0 Å². The number of rotatable bonds is 5. The molecule has 1 aromatic carbocycles. The summed E-state index contributed by atoms with van der Waals surface area (Å²) in [7, 11) is 3.53. The van der Waals surface area contributed by atoms with E-state index in [0.29, 0.717) is 18.0 Å². The second-order valence-electron chi connectivity index (χ2n) is 6.54. The second-order valence-corrected chi connectivity index (χ2v) is 6.98. The highest BCUT2D eigenvalue weighted by atomic mass is 35.5. The monoisotopic (exact) mass is 350 g/mol. The van der Waals surface area contributed by atoms with Crippen molar-refractivity contribution in [2.75, 3.05) is 20.8 Å². The number of fused-ring (bicyclic) bond motifs is 2. The van der Waals surface area contributed by atoms with E-state index in [4.69, 9.17) is 16.4 Å². The SMILES string of the molecule is COC(=O)CO/N=C/[C@@H]1[C@@H](c2ccc(Cl)cc2)CC2CC[C@H]1N2C. The minimum Gasteiger partial charge on any atom is -0.466 e. The number of ether oxygens (including phenoxy) is 1. The first-order valence-electron chi connectivity index (χ1n) is 8.30. The molecule has 130 valence electrons. The van der Waals surface area contributed by atoms with Crippen molar-refractivity contribution < 1.29 is 14.4 Å². The molecular formula is C18H23ClN2O3. The van der Waals surface area contributed by atoms with Crippen LogP contribution in [0.15, 0.2) is 29.4 Å². The smallest absolute Gasteiger partial charge is 0.346 e. The fourth-order valence-corrected chi connectivity index (χ4v) is 4.17. The average molecular weight is 351 g/mol. The number of benzene rings is 1. The van der Waals surface area contributed by atoms with Gasteiger partial charge in [-0.15, -0.1) is 0 Å². The highest BCUT2D eigenvalue weighted by Gasteiger charge is 2.45. The summed E-state index contributed by atoms with van der Waals surface area (Å²) < 4.78 is 4.55. The van der Waals surface area contributed by atoms with Crippen LogP contribution in [0.25, 0.3) is 0 Å². The first-order valence-corrected chi connectivity index (χ1v) is 8.67. The van der Waals surface area contributed by atoms with Crippen LogP contribution in [0.1, 0.15) is 30.7 Å². The number of nitrogens with zero attached hydrogens (tertiary/aromatic N) is 2. The maximum atomic E-state index is 11.1. The van der Waals surface area contributed by atoms with Crippen LogP contribution in [0.4, 0.5) is 0 Å². The van der Waals surface area contributed by atoms with E-state index >= 15 is 0 Å². The highest BCUT2D eigenvalue weighted by molar-refractivity contribution is 6.30. The molecule has 2 fully saturated rings. The molecule has 0 N–H and O–H groups in total. The zero-order valence-corrected chi connectivity index (χ0v) is 14.8. The van der Waals surface area contributed by atoms with Crippen LogP contribution < -0.4 is 0 Å². The van der Waals surface area contributed by atoms with Crippen molar-refractivity contribution in [1.82, 2.24) is 4.90 Å². The van der Waals surface area contributed by atoms with E-state index in [0.717, 1.165) is 11.4 Å². The van der Waals surface area contributed by atoms with E-state index < -0.39 is 5.97 Å². The summed E-state index contributed by atoms with van der Waals surface area (Å²) in [4.78, 5) is 18.7. The predicted molar refractivity (Wildman–Crippen MR) is 93.3 cm³/mol. The maximum absolute atomic E-state index is 11.1. The Morgan fingerprint density at radius 1 is 1.38 bits per heavy atom. The number of hydrogen-bond donors (Lipinski definition) is 0. The zero-order chi connectivity index (χ0) is 17.1. The van der Waals surface area contributed by atoms with Gasteiger partial charge >= 0.3 is 5.97 Å². The Morgan fingerprint density at radius 3 is 2.83 bits per heavy atom. The fourth-order valence-electron chi connectivity index (χ4n) is 4.04. The lowest BCUT2D eigenvalue weighted by Gasteiger charge is -2.41. The van der Waals surface area contributed by atoms with Crippen LogP contribution in [0, 0.1) is 5.92 Å². The molecule has 0 radical (unpaired) electrons. The van der Waals surface area contributed by atoms with Gasteiger partial charge in [0.25, 0.3) is 0 Å². The van der Waals surface area contributed by atoms with E-state index in [-0.39, 0.29) is 12.5 Å². The van der Waals surface area contributed by atoms with Crippen molar-refractivity contribution in [3.8, 4) is 0 Å². The van der Waals surface area contributed by atoms with Crippen LogP contribution >= 0.6 is 11.6 Å². The van der Waals surface area contributed by atoms with Gasteiger partial charge < -0.3 is 9.57 Å². The molecule has 3 rings (SSSR count). The molecule has 2 saturated heterocycles. The van der Waals surface area contributed by atoms with E-state index in [1.807, 2.05) is 18.3 Å². The molecule has 5 nitrogen and oxygen atoms in total. The van der Waals surface area contributed by atoms with E-state index in [1.165, 1.54) is 25.5 Å². The van der Waals surface area contributed by atoms with Crippen LogP contribution in [-0.2, 0) is 14.4 Å². The number of methoxy groups -OCH3 is 1. The Labute approximate surface area is 147 Å². The van der Waals surface area contributed by atoms with Crippen LogP contribution in [0.3, 0.4) is 0 Å². The molecule has 2 aliphatic rings. The normalized spacial score (nSPS) is 29.8. The summed E-state index contributed by atoms with van der Waals surface area (Å²) in [6.07, 6.45) is 5.35. The van der Waals surface area contributed by atoms with Gasteiger partial charge in [-0.3, -0.25) is 4.90 Å². The van der Waals surface area contributed by atoms with Gasteiger partial charge in [0.2, 0.25) is 6.61 Å². The summed E-state index contributed by atoms with van der Waals surface area (Å²) in [6, 6.07) is 9.17. The Morgan fingerprint density at radius 2 is 2.12 bits per heavy atom. The molecular weight excluding hydrogens is 328 g/mol. The largest absolute Gasteiger partial charge is 0.466 e. The standard InChI is InChI=1S/C18H23ClN2O3/c1-21-14-7-8-17(21)16(10-20-24-11-18(22)23-2)15(9-14)12-3-5-13(19)6-4-12/h3-6,10,14-17H,7-9,11H2,1-2H3/b20-10+/t14?,15-,16-,17-/m1/s1. The predicted octanol–water partition coefficient (Wildman–Crippen LogP) is 3.08. The first kappa shape index (κ1) is 17.2. The van der Waals surface area contributed by atoms with E-state index in [9.17, 15) is 4.79 Å². The van der Waals surface area contributed by atoms with Crippen molar-refractivity contribution in [2.45, 2.75) is 37.3 Å². The topological polar surface area (TPSA) is 51.1 Å². The lowest BCUT2D eigenvalue weighted by Crippen LogP contribution is -2.46. The number of halogens is 1. The first-order chi connectivity index (χ1) is 11.6. The molecule has 0 aromatic heterocycles. The van der Waals surface area contributed by atoms with Crippen LogP contribution in [0.2, 0.25) is 5.02 Å². The number of carbonyl (C=O) groups excluding carboxylic acids is 1. The minimum atomic E-state index is -0.428. The van der Waals surface area contributed by atoms with Gasteiger partial charge in [0, 0.05) is 29.2 Å². The van der Waals surface area contributed by atoms with E-state index in [1.54, 1.807) is 0 Å². The average Bonchev–Trinajstić information content (AvgIpc) is 2.83. The number of oxime groups is 1. The molecule has 2 bridgehead atoms. The molecule has 6 heteroatoms. The number of piperidine rings is 1. The summed E-state index contributed by atoms with van der Waals surface area (Å²) >= 11 is 6.03. The third-order valence-corrected chi connectivity index (χ3v) is 5.60. The van der Waals surface area contributed by atoms with E-state index in [2.05, 4.69) is 34.0 Å². The zero-order valence-electron chi connectivity index (χ0n) is 14.0.